The molecule has 2 aliphatic carbocycles. The van der Waals surface area contributed by atoms with E-state index in [1.807, 2.05) is 0 Å². The van der Waals surface area contributed by atoms with E-state index in [9.17, 15) is 18.4 Å². The Morgan fingerprint density at radius 2 is 1.10 bits per heavy atom. The van der Waals surface area contributed by atoms with E-state index in [1.165, 1.54) is 49.9 Å². The van der Waals surface area contributed by atoms with Crippen LogP contribution in [0, 0.1) is 11.6 Å². The van der Waals surface area contributed by atoms with Gasteiger partial charge in [-0.1, -0.05) is 49.9 Å². The highest BCUT2D eigenvalue weighted by molar-refractivity contribution is 5.91. The zero-order chi connectivity index (χ0) is 29.2. The number of carbonyl (C=O) groups is 2. The summed E-state index contributed by atoms with van der Waals surface area (Å²) in [5, 5.41) is 7.40. The van der Waals surface area contributed by atoms with E-state index < -0.39 is 35.8 Å². The van der Waals surface area contributed by atoms with Crippen molar-refractivity contribution in [3.05, 3.63) is 83.4 Å². The van der Waals surface area contributed by atoms with Crippen molar-refractivity contribution in [3.63, 3.8) is 0 Å². The number of esters is 2. The summed E-state index contributed by atoms with van der Waals surface area (Å²) in [6.07, 6.45) is 13.4. The zero-order valence-corrected chi connectivity index (χ0v) is 24.0. The molecule has 2 spiro atoms. The third-order valence-corrected chi connectivity index (χ3v) is 9.90. The number of carbonyl (C=O) groups excluding carboxylic acids is 2. The largest absolute Gasteiger partial charge is 0.453 e. The van der Waals surface area contributed by atoms with Crippen LogP contribution in [0.5, 0.6) is 0 Å². The molecule has 8 heteroatoms. The Labute approximate surface area is 246 Å². The Morgan fingerprint density at radius 3 is 1.48 bits per heavy atom. The lowest BCUT2D eigenvalue weighted by Gasteiger charge is -2.29. The van der Waals surface area contributed by atoms with Crippen LogP contribution in [0.1, 0.15) is 100 Å². The highest BCUT2D eigenvalue weighted by Gasteiger charge is 2.45. The lowest BCUT2D eigenvalue weighted by molar-refractivity contribution is -0.147. The summed E-state index contributed by atoms with van der Waals surface area (Å²) in [7, 11) is 0. The van der Waals surface area contributed by atoms with Crippen molar-refractivity contribution in [3.8, 4) is 0 Å². The number of hydrogen-bond acceptors (Lipinski definition) is 6. The normalized spacial score (nSPS) is 25.8. The van der Waals surface area contributed by atoms with Crippen LogP contribution in [-0.2, 0) is 19.1 Å². The predicted molar refractivity (Wildman–Crippen MR) is 154 cm³/mol. The summed E-state index contributed by atoms with van der Waals surface area (Å²) in [6, 6.07) is 12.0. The smallest absolute Gasteiger partial charge is 0.331 e. The molecule has 0 bridgehead atoms. The van der Waals surface area contributed by atoms with Crippen LogP contribution in [0.15, 0.2) is 60.7 Å². The van der Waals surface area contributed by atoms with Crippen LogP contribution < -0.4 is 10.6 Å². The molecule has 2 saturated carbocycles. The van der Waals surface area contributed by atoms with E-state index in [0.29, 0.717) is 11.1 Å². The van der Waals surface area contributed by atoms with E-state index in [2.05, 4.69) is 10.6 Å². The molecule has 6 rings (SSSR count). The van der Waals surface area contributed by atoms with Crippen molar-refractivity contribution in [2.45, 2.75) is 112 Å². The second kappa shape index (κ2) is 12.3. The van der Waals surface area contributed by atoms with Gasteiger partial charge in [0.25, 0.3) is 0 Å². The first-order valence-corrected chi connectivity index (χ1v) is 15.5. The first kappa shape index (κ1) is 29.0. The molecule has 2 N–H and O–H groups in total. The van der Waals surface area contributed by atoms with Gasteiger partial charge in [-0.05, 0) is 86.8 Å². The number of benzene rings is 2. The van der Waals surface area contributed by atoms with Gasteiger partial charge in [0.2, 0.25) is 0 Å². The summed E-state index contributed by atoms with van der Waals surface area (Å²) in [4.78, 5) is 26.0. The molecule has 0 amide bonds. The average Bonchev–Trinajstić information content (AvgIpc) is 3.80. The van der Waals surface area contributed by atoms with Crippen LogP contribution >= 0.6 is 0 Å². The molecule has 4 atom stereocenters. The van der Waals surface area contributed by atoms with Crippen molar-refractivity contribution < 1.29 is 27.8 Å². The fourth-order valence-electron chi connectivity index (χ4n) is 7.88. The second-order valence-electron chi connectivity index (χ2n) is 12.7. The second-order valence-corrected chi connectivity index (χ2v) is 12.7. The fraction of sp³-hybridized carbons (Fsp3) is 0.529. The number of hydrogen-bond donors (Lipinski definition) is 2. The minimum atomic E-state index is -0.707. The van der Waals surface area contributed by atoms with Gasteiger partial charge in [0.05, 0.1) is 0 Å². The predicted octanol–water partition coefficient (Wildman–Crippen LogP) is 6.52. The van der Waals surface area contributed by atoms with E-state index in [-0.39, 0.29) is 23.2 Å². The van der Waals surface area contributed by atoms with Gasteiger partial charge in [-0.25, -0.2) is 18.4 Å². The van der Waals surface area contributed by atoms with Gasteiger partial charge in [0.1, 0.15) is 23.8 Å². The monoisotopic (exact) mass is 578 g/mol. The Bertz CT molecular complexity index is 1220. The fourth-order valence-corrected chi connectivity index (χ4v) is 7.88. The summed E-state index contributed by atoms with van der Waals surface area (Å²) >= 11 is 0. The quantitative estimate of drug-likeness (QED) is 0.274. The summed E-state index contributed by atoms with van der Waals surface area (Å²) < 4.78 is 40.0. The van der Waals surface area contributed by atoms with Crippen molar-refractivity contribution >= 4 is 11.9 Å². The molecule has 2 aromatic rings. The molecular weight excluding hydrogens is 538 g/mol. The van der Waals surface area contributed by atoms with Crippen LogP contribution in [0.2, 0.25) is 0 Å². The number of rotatable bonds is 8. The van der Waals surface area contributed by atoms with Crippen LogP contribution in [0.25, 0.3) is 0 Å². The molecule has 4 aliphatic rings. The summed E-state index contributed by atoms with van der Waals surface area (Å²) in [5.41, 5.74) is 1.26. The standard InChI is InChI=1S/C34H40F2N2O4/c35-25-9-5-7-23(21-25)31(27-13-19-33(37-27)15-1-2-16-33)41-29(39)11-12-30(40)42-32(24-8-6-10-26(36)22-24)28-14-20-34(38-28)17-3-4-18-34/h5-12,21-22,27-28,31-32,37-38H,1-4,13-20H2/b12-11-/t27-,28-,31+,32+/m1/s1. The molecular formula is C34H40F2N2O4. The molecule has 2 aliphatic heterocycles. The Morgan fingerprint density at radius 1 is 0.690 bits per heavy atom. The topological polar surface area (TPSA) is 76.7 Å². The van der Waals surface area contributed by atoms with Crippen molar-refractivity contribution in [2.75, 3.05) is 0 Å². The van der Waals surface area contributed by atoms with Gasteiger partial charge in [-0.2, -0.15) is 0 Å². The maximum absolute atomic E-state index is 14.1. The van der Waals surface area contributed by atoms with Crippen molar-refractivity contribution in [1.29, 1.82) is 0 Å². The molecule has 42 heavy (non-hydrogen) atoms. The maximum Gasteiger partial charge on any atom is 0.331 e. The zero-order valence-electron chi connectivity index (χ0n) is 24.0. The van der Waals surface area contributed by atoms with Crippen LogP contribution in [0.4, 0.5) is 8.78 Å². The Hall–Kier alpha value is -3.10. The van der Waals surface area contributed by atoms with E-state index in [4.69, 9.17) is 9.47 Å². The molecule has 6 nitrogen and oxygen atoms in total. The van der Waals surface area contributed by atoms with Gasteiger partial charge >= 0.3 is 11.9 Å². The van der Waals surface area contributed by atoms with Gasteiger partial charge in [-0.15, -0.1) is 0 Å². The van der Waals surface area contributed by atoms with Crippen molar-refractivity contribution in [1.82, 2.24) is 10.6 Å². The first-order valence-electron chi connectivity index (χ1n) is 15.5. The lowest BCUT2D eigenvalue weighted by Crippen LogP contribution is -2.43. The van der Waals surface area contributed by atoms with E-state index in [1.54, 1.807) is 24.3 Å². The third kappa shape index (κ3) is 6.45. The van der Waals surface area contributed by atoms with Gasteiger partial charge in [0, 0.05) is 35.3 Å². The molecule has 0 aromatic heterocycles. The van der Waals surface area contributed by atoms with Crippen LogP contribution in [0.3, 0.4) is 0 Å². The molecule has 2 heterocycles. The number of ether oxygens (including phenoxy) is 2. The maximum atomic E-state index is 14.1. The van der Waals surface area contributed by atoms with E-state index in [0.717, 1.165) is 63.5 Å². The number of nitrogens with one attached hydrogen (secondary N) is 2. The molecule has 0 radical (unpaired) electrons. The van der Waals surface area contributed by atoms with Crippen molar-refractivity contribution in [2.24, 2.45) is 0 Å². The minimum Gasteiger partial charge on any atom is -0.453 e. The average molecular weight is 579 g/mol. The number of halogens is 2. The highest BCUT2D eigenvalue weighted by atomic mass is 19.1. The first-order chi connectivity index (χ1) is 20.3. The molecule has 2 aromatic carbocycles. The van der Waals surface area contributed by atoms with Gasteiger partial charge in [-0.3, -0.25) is 0 Å². The Kier molecular flexibility index (Phi) is 8.46. The van der Waals surface area contributed by atoms with Gasteiger partial charge in [0.15, 0.2) is 0 Å². The summed E-state index contributed by atoms with van der Waals surface area (Å²) in [5.74, 6) is -2.21. The lowest BCUT2D eigenvalue weighted by atomic mass is 9.95. The molecule has 4 fully saturated rings. The Balaban J connectivity index is 1.14. The third-order valence-electron chi connectivity index (χ3n) is 9.90. The molecule has 224 valence electrons. The summed E-state index contributed by atoms with van der Waals surface area (Å²) in [6.45, 7) is 0. The molecule has 2 saturated heterocycles. The van der Waals surface area contributed by atoms with E-state index >= 15 is 0 Å². The minimum absolute atomic E-state index is 0.0551. The highest BCUT2D eigenvalue weighted by Crippen LogP contribution is 2.43. The van der Waals surface area contributed by atoms with Crippen LogP contribution in [-0.4, -0.2) is 35.1 Å². The SMILES string of the molecule is O=C(/C=C\C(=O)O[C@@H](c1cccc(F)c1)[C@H]1CCC2(CCCC2)N1)O[C@@H](c1cccc(F)c1)[C@H]1CCC2(CCCC2)N1. The van der Waals surface area contributed by atoms with Gasteiger partial charge < -0.3 is 20.1 Å². The molecule has 0 unspecified atom stereocenters.